The summed E-state index contributed by atoms with van der Waals surface area (Å²) in [7, 11) is 0. The van der Waals surface area contributed by atoms with Crippen LogP contribution in [-0.2, 0) is 16.0 Å². The highest BCUT2D eigenvalue weighted by Crippen LogP contribution is 2.41. The number of hydrogen-bond acceptors (Lipinski definition) is 6. The molecule has 1 aromatic heterocycles. The molecule has 0 bridgehead atoms. The van der Waals surface area contributed by atoms with Crippen molar-refractivity contribution in [3.8, 4) is 5.75 Å². The molecule has 2 aromatic rings. The minimum absolute atomic E-state index is 0.0656. The number of rotatable bonds is 7. The number of aliphatic hydroxyl groups excluding tert-OH is 1. The molecule has 170 valence electrons. The molecule has 1 aromatic carbocycles. The Kier molecular flexibility index (Phi) is 6.11. The van der Waals surface area contributed by atoms with Crippen LogP contribution >= 0.6 is 0 Å². The highest BCUT2D eigenvalue weighted by atomic mass is 16.5. The van der Waals surface area contributed by atoms with Crippen LogP contribution in [0.25, 0.3) is 5.76 Å². The first-order valence-corrected chi connectivity index (χ1v) is 11.2. The predicted octanol–water partition coefficient (Wildman–Crippen LogP) is 3.67. The number of ether oxygens (including phenoxy) is 1. The Morgan fingerprint density at radius 2 is 1.94 bits per heavy atom. The van der Waals surface area contributed by atoms with Crippen LogP contribution in [0.15, 0.2) is 40.3 Å². The summed E-state index contributed by atoms with van der Waals surface area (Å²) < 4.78 is 11.6. The van der Waals surface area contributed by atoms with Crippen LogP contribution in [0.3, 0.4) is 0 Å². The second kappa shape index (κ2) is 8.82. The zero-order valence-electron chi connectivity index (χ0n) is 19.1. The molecule has 3 heterocycles. The van der Waals surface area contributed by atoms with Crippen LogP contribution < -0.4 is 4.74 Å². The Labute approximate surface area is 188 Å². The van der Waals surface area contributed by atoms with Gasteiger partial charge in [-0.25, -0.2) is 0 Å². The SMILES string of the molecule is CCN(CC)CCN1C(=O)C(=O)C(=C(O)c2ccc3c(c2)C[C@@H](C)O3)[C@@H]1c1ccc(C)o1. The normalized spacial score (nSPS) is 22.0. The van der Waals surface area contributed by atoms with Gasteiger partial charge in [-0.15, -0.1) is 0 Å². The topological polar surface area (TPSA) is 83.2 Å². The molecule has 7 nitrogen and oxygen atoms in total. The van der Waals surface area contributed by atoms with Gasteiger partial charge in [-0.2, -0.15) is 0 Å². The molecule has 0 spiro atoms. The van der Waals surface area contributed by atoms with Crippen LogP contribution in [0.1, 0.15) is 49.5 Å². The number of Topliss-reactive ketones (excluding diaryl/α,β-unsaturated/α-hetero) is 1. The third kappa shape index (κ3) is 3.93. The van der Waals surface area contributed by atoms with E-state index < -0.39 is 17.7 Å². The number of ketones is 1. The number of aliphatic hydroxyl groups is 1. The van der Waals surface area contributed by atoms with Gasteiger partial charge in [0.2, 0.25) is 0 Å². The van der Waals surface area contributed by atoms with Gasteiger partial charge in [-0.3, -0.25) is 9.59 Å². The van der Waals surface area contributed by atoms with Crippen molar-refractivity contribution in [3.05, 3.63) is 58.6 Å². The average molecular weight is 439 g/mol. The molecule has 7 heteroatoms. The fourth-order valence-corrected chi connectivity index (χ4v) is 4.52. The fraction of sp³-hybridized carbons (Fsp3) is 0.440. The third-order valence-electron chi connectivity index (χ3n) is 6.29. The molecule has 1 saturated heterocycles. The Morgan fingerprint density at radius 3 is 2.59 bits per heavy atom. The number of benzene rings is 1. The van der Waals surface area contributed by atoms with E-state index in [1.165, 1.54) is 4.90 Å². The Morgan fingerprint density at radius 1 is 1.19 bits per heavy atom. The largest absolute Gasteiger partial charge is 0.507 e. The number of aryl methyl sites for hydroxylation is 1. The molecule has 0 radical (unpaired) electrons. The van der Waals surface area contributed by atoms with Crippen molar-refractivity contribution in [2.75, 3.05) is 26.2 Å². The number of amides is 1. The summed E-state index contributed by atoms with van der Waals surface area (Å²) in [4.78, 5) is 29.8. The lowest BCUT2D eigenvalue weighted by Crippen LogP contribution is -2.37. The number of carbonyl (C=O) groups is 2. The molecule has 0 aliphatic carbocycles. The number of hydrogen-bond donors (Lipinski definition) is 1. The summed E-state index contributed by atoms with van der Waals surface area (Å²) >= 11 is 0. The third-order valence-corrected chi connectivity index (χ3v) is 6.29. The van der Waals surface area contributed by atoms with E-state index >= 15 is 0 Å². The zero-order valence-corrected chi connectivity index (χ0v) is 19.1. The summed E-state index contributed by atoms with van der Waals surface area (Å²) in [5.74, 6) is 0.447. The van der Waals surface area contributed by atoms with Crippen molar-refractivity contribution < 1.29 is 23.8 Å². The minimum Gasteiger partial charge on any atom is -0.507 e. The number of likely N-dealkylation sites (tertiary alicyclic amines) is 1. The van der Waals surface area contributed by atoms with E-state index in [2.05, 4.69) is 18.7 Å². The molecule has 2 atom stereocenters. The van der Waals surface area contributed by atoms with Crippen LogP contribution in [0.5, 0.6) is 5.75 Å². The maximum atomic E-state index is 13.1. The summed E-state index contributed by atoms with van der Waals surface area (Å²) in [5.41, 5.74) is 1.54. The Hall–Kier alpha value is -3.06. The van der Waals surface area contributed by atoms with Crippen molar-refractivity contribution in [2.24, 2.45) is 0 Å². The van der Waals surface area contributed by atoms with E-state index in [-0.39, 0.29) is 17.4 Å². The fourth-order valence-electron chi connectivity index (χ4n) is 4.52. The first-order chi connectivity index (χ1) is 15.3. The van der Waals surface area contributed by atoms with Gasteiger partial charge in [-0.1, -0.05) is 13.8 Å². The minimum atomic E-state index is -0.761. The molecule has 1 amide bonds. The predicted molar refractivity (Wildman–Crippen MR) is 120 cm³/mol. The molecule has 2 aliphatic rings. The lowest BCUT2D eigenvalue weighted by Gasteiger charge is -2.26. The number of fused-ring (bicyclic) bond motifs is 1. The van der Waals surface area contributed by atoms with E-state index in [4.69, 9.17) is 9.15 Å². The summed E-state index contributed by atoms with van der Waals surface area (Å²) in [5, 5.41) is 11.2. The molecular formula is C25H30N2O5. The molecule has 1 fully saturated rings. The standard InChI is InChI=1S/C25H30N2O5/c1-5-26(6-2)11-12-27-22(20-9-7-15(3)31-20)21(24(29)25(27)30)23(28)17-8-10-19-18(14-17)13-16(4)32-19/h7-10,14,16,22,28H,5-6,11-13H2,1-4H3/t16-,22+/m1/s1. The van der Waals surface area contributed by atoms with Gasteiger partial charge in [0.1, 0.15) is 35.2 Å². The maximum absolute atomic E-state index is 13.1. The maximum Gasteiger partial charge on any atom is 0.295 e. The van der Waals surface area contributed by atoms with Crippen LogP contribution in [0, 0.1) is 6.92 Å². The van der Waals surface area contributed by atoms with Crippen molar-refractivity contribution in [1.29, 1.82) is 0 Å². The first kappa shape index (κ1) is 22.1. The van der Waals surface area contributed by atoms with Gasteiger partial charge < -0.3 is 24.1 Å². The Bertz CT molecular complexity index is 1070. The van der Waals surface area contributed by atoms with Crippen LogP contribution in [-0.4, -0.2) is 58.9 Å². The molecule has 0 saturated carbocycles. The second-order valence-corrected chi connectivity index (χ2v) is 8.42. The van der Waals surface area contributed by atoms with Crippen molar-refractivity contribution >= 4 is 17.4 Å². The lowest BCUT2D eigenvalue weighted by molar-refractivity contribution is -0.140. The molecular weight excluding hydrogens is 408 g/mol. The van der Waals surface area contributed by atoms with Crippen LogP contribution in [0.2, 0.25) is 0 Å². The second-order valence-electron chi connectivity index (χ2n) is 8.42. The highest BCUT2D eigenvalue weighted by molar-refractivity contribution is 6.46. The summed E-state index contributed by atoms with van der Waals surface area (Å²) in [6.07, 6.45) is 0.800. The number of likely N-dealkylation sites (N-methyl/N-ethyl adjacent to an activating group) is 1. The first-order valence-electron chi connectivity index (χ1n) is 11.2. The Balaban J connectivity index is 1.76. The lowest BCUT2D eigenvalue weighted by atomic mass is 9.97. The van der Waals surface area contributed by atoms with E-state index in [0.29, 0.717) is 30.2 Å². The number of carbonyl (C=O) groups excluding carboxylic acids is 2. The molecule has 1 N–H and O–H groups in total. The van der Waals surface area contributed by atoms with Crippen molar-refractivity contribution in [2.45, 2.75) is 46.3 Å². The van der Waals surface area contributed by atoms with Gasteiger partial charge in [0.15, 0.2) is 0 Å². The van der Waals surface area contributed by atoms with Crippen molar-refractivity contribution in [1.82, 2.24) is 9.80 Å². The molecule has 2 aliphatic heterocycles. The van der Waals surface area contributed by atoms with Gasteiger partial charge in [0.25, 0.3) is 11.7 Å². The monoisotopic (exact) mass is 438 g/mol. The molecule has 32 heavy (non-hydrogen) atoms. The highest BCUT2D eigenvalue weighted by Gasteiger charge is 2.47. The van der Waals surface area contributed by atoms with Gasteiger partial charge >= 0.3 is 0 Å². The number of furan rings is 1. The smallest absolute Gasteiger partial charge is 0.295 e. The summed E-state index contributed by atoms with van der Waals surface area (Å²) in [6.45, 7) is 10.6. The van der Waals surface area contributed by atoms with E-state index in [9.17, 15) is 14.7 Å². The zero-order chi connectivity index (χ0) is 23.0. The molecule has 4 rings (SSSR count). The van der Waals surface area contributed by atoms with E-state index in [1.54, 1.807) is 24.3 Å². The average Bonchev–Trinajstić information content (AvgIpc) is 3.44. The van der Waals surface area contributed by atoms with Gasteiger partial charge in [-0.05, 0) is 62.8 Å². The van der Waals surface area contributed by atoms with Crippen LogP contribution in [0.4, 0.5) is 0 Å². The van der Waals surface area contributed by atoms with Gasteiger partial charge in [0.05, 0.1) is 5.57 Å². The summed E-state index contributed by atoms with van der Waals surface area (Å²) in [6, 6.07) is 8.16. The molecule has 0 unspecified atom stereocenters. The number of nitrogens with zero attached hydrogens (tertiary/aromatic N) is 2. The van der Waals surface area contributed by atoms with Crippen molar-refractivity contribution in [3.63, 3.8) is 0 Å². The van der Waals surface area contributed by atoms with E-state index in [0.717, 1.165) is 30.8 Å². The van der Waals surface area contributed by atoms with Gasteiger partial charge in [0, 0.05) is 25.1 Å². The quantitative estimate of drug-likeness (QED) is 0.403. The van der Waals surface area contributed by atoms with E-state index in [1.807, 2.05) is 19.9 Å².